The molecule has 0 spiro atoms. The Morgan fingerprint density at radius 2 is 1.48 bits per heavy atom. The van der Waals surface area contributed by atoms with E-state index in [9.17, 15) is 0 Å². The van der Waals surface area contributed by atoms with E-state index in [-0.39, 0.29) is 0 Å². The van der Waals surface area contributed by atoms with Crippen LogP contribution < -0.4 is 16.4 Å². The van der Waals surface area contributed by atoms with Crippen LogP contribution in [0.4, 0.5) is 28.7 Å². The van der Waals surface area contributed by atoms with Gasteiger partial charge in [-0.2, -0.15) is 0 Å². The lowest BCUT2D eigenvalue weighted by Gasteiger charge is -2.13. The molecule has 4 aromatic rings. The van der Waals surface area contributed by atoms with E-state index in [0.717, 1.165) is 22.3 Å². The number of hydrogen-bond donors (Lipinski definition) is 3. The van der Waals surface area contributed by atoms with E-state index in [1.165, 1.54) is 6.33 Å². The van der Waals surface area contributed by atoms with Gasteiger partial charge in [0.25, 0.3) is 0 Å². The minimum atomic E-state index is 0.444. The first-order valence-electron chi connectivity index (χ1n) is 7.84. The average molecular weight is 328 g/mol. The van der Waals surface area contributed by atoms with E-state index in [4.69, 9.17) is 5.73 Å². The molecule has 2 aromatic carbocycles. The first-order valence-corrected chi connectivity index (χ1v) is 7.84. The fraction of sp³-hybridized carbons (Fsp3) is 0. The van der Waals surface area contributed by atoms with Crippen LogP contribution in [0.3, 0.4) is 0 Å². The second-order valence-corrected chi connectivity index (χ2v) is 5.48. The molecule has 25 heavy (non-hydrogen) atoms. The monoisotopic (exact) mass is 328 g/mol. The maximum Gasteiger partial charge on any atom is 0.159 e. The molecule has 6 heteroatoms. The number of anilines is 5. The van der Waals surface area contributed by atoms with Gasteiger partial charge in [0.2, 0.25) is 0 Å². The molecule has 122 valence electrons. The van der Waals surface area contributed by atoms with Gasteiger partial charge in [0, 0.05) is 17.3 Å². The van der Waals surface area contributed by atoms with Gasteiger partial charge in [-0.1, -0.05) is 36.4 Å². The van der Waals surface area contributed by atoms with Gasteiger partial charge in [0.05, 0.1) is 11.2 Å². The summed E-state index contributed by atoms with van der Waals surface area (Å²) >= 11 is 0. The smallest absolute Gasteiger partial charge is 0.159 e. The van der Waals surface area contributed by atoms with E-state index < -0.39 is 0 Å². The molecule has 0 saturated carbocycles. The normalized spacial score (nSPS) is 10.6. The Hall–Kier alpha value is -3.67. The molecule has 0 aliphatic rings. The highest BCUT2D eigenvalue weighted by molar-refractivity contribution is 5.93. The predicted octanol–water partition coefficient (Wildman–Crippen LogP) is 4.09. The summed E-state index contributed by atoms with van der Waals surface area (Å²) in [5, 5.41) is 7.51. The maximum absolute atomic E-state index is 6.25. The fourth-order valence-corrected chi connectivity index (χ4v) is 2.59. The van der Waals surface area contributed by atoms with Gasteiger partial charge >= 0.3 is 0 Å². The third-order valence-corrected chi connectivity index (χ3v) is 3.81. The molecule has 0 unspecified atom stereocenters. The summed E-state index contributed by atoms with van der Waals surface area (Å²) < 4.78 is 0. The molecule has 4 N–H and O–H groups in total. The summed E-state index contributed by atoms with van der Waals surface area (Å²) in [5.41, 5.74) is 9.31. The summed E-state index contributed by atoms with van der Waals surface area (Å²) in [7, 11) is 0. The lowest BCUT2D eigenvalue weighted by atomic mass is 10.2. The van der Waals surface area contributed by atoms with Crippen LogP contribution in [0, 0.1) is 0 Å². The molecule has 6 nitrogen and oxygen atoms in total. The molecular formula is C19H16N6. The van der Waals surface area contributed by atoms with Crippen LogP contribution in [0.1, 0.15) is 0 Å². The predicted molar refractivity (Wildman–Crippen MR) is 101 cm³/mol. The highest BCUT2D eigenvalue weighted by atomic mass is 15.1. The Morgan fingerprint density at radius 1 is 0.720 bits per heavy atom. The van der Waals surface area contributed by atoms with Gasteiger partial charge in [0.15, 0.2) is 11.6 Å². The van der Waals surface area contributed by atoms with Crippen molar-refractivity contribution >= 4 is 39.6 Å². The lowest BCUT2D eigenvalue weighted by Crippen LogP contribution is -2.05. The number of pyridine rings is 1. The number of aromatic nitrogens is 3. The van der Waals surface area contributed by atoms with Crippen molar-refractivity contribution < 1.29 is 0 Å². The summed E-state index contributed by atoms with van der Waals surface area (Å²) in [6.45, 7) is 0. The average Bonchev–Trinajstić information content (AvgIpc) is 2.66. The lowest BCUT2D eigenvalue weighted by molar-refractivity contribution is 1.17. The maximum atomic E-state index is 6.25. The van der Waals surface area contributed by atoms with Crippen molar-refractivity contribution in [2.75, 3.05) is 16.4 Å². The van der Waals surface area contributed by atoms with E-state index in [0.29, 0.717) is 17.3 Å². The minimum Gasteiger partial charge on any atom is -0.393 e. The first kappa shape index (κ1) is 14.9. The number of fused-ring (bicyclic) bond motifs is 1. The van der Waals surface area contributed by atoms with Crippen LogP contribution in [0.25, 0.3) is 10.9 Å². The summed E-state index contributed by atoms with van der Waals surface area (Å²) in [4.78, 5) is 12.9. The topological polar surface area (TPSA) is 88.8 Å². The largest absolute Gasteiger partial charge is 0.393 e. The molecule has 0 aliphatic carbocycles. The molecule has 0 atom stereocenters. The first-order chi connectivity index (χ1) is 12.3. The Bertz CT molecular complexity index is 1010. The van der Waals surface area contributed by atoms with Crippen molar-refractivity contribution in [2.45, 2.75) is 0 Å². The third-order valence-electron chi connectivity index (χ3n) is 3.81. The number of benzene rings is 2. The van der Waals surface area contributed by atoms with Crippen LogP contribution in [-0.2, 0) is 0 Å². The SMILES string of the molecule is Nc1c(Nc2ccccc2)ncnc1Nc1cccc2cccnc12. The molecule has 0 bridgehead atoms. The second kappa shape index (κ2) is 6.45. The standard InChI is InChI=1S/C19H16N6/c20-16-18(24-14-8-2-1-3-9-14)22-12-23-19(16)25-15-10-4-6-13-7-5-11-21-17(13)15/h1-12H,20H2,(H2,22,23,24,25). The Kier molecular flexibility index (Phi) is 3.84. The molecule has 0 saturated heterocycles. The van der Waals surface area contributed by atoms with Crippen molar-refractivity contribution in [1.82, 2.24) is 15.0 Å². The van der Waals surface area contributed by atoms with E-state index >= 15 is 0 Å². The van der Waals surface area contributed by atoms with E-state index in [2.05, 4.69) is 25.6 Å². The van der Waals surface area contributed by atoms with Gasteiger partial charge in [-0.05, 0) is 24.3 Å². The molecule has 0 radical (unpaired) electrons. The van der Waals surface area contributed by atoms with Crippen molar-refractivity contribution in [3.63, 3.8) is 0 Å². The van der Waals surface area contributed by atoms with Gasteiger partial charge in [-0.25, -0.2) is 9.97 Å². The summed E-state index contributed by atoms with van der Waals surface area (Å²) in [6.07, 6.45) is 3.24. The van der Waals surface area contributed by atoms with Crippen LogP contribution in [0.5, 0.6) is 0 Å². The molecule has 4 rings (SSSR count). The zero-order valence-electron chi connectivity index (χ0n) is 13.3. The number of nitrogens with one attached hydrogen (secondary N) is 2. The zero-order chi connectivity index (χ0) is 17.1. The van der Waals surface area contributed by atoms with Crippen LogP contribution in [0.2, 0.25) is 0 Å². The van der Waals surface area contributed by atoms with E-state index in [1.807, 2.05) is 60.7 Å². The number of nitrogen functional groups attached to an aromatic ring is 1. The van der Waals surface area contributed by atoms with Crippen molar-refractivity contribution in [3.05, 3.63) is 73.2 Å². The van der Waals surface area contributed by atoms with Crippen LogP contribution in [-0.4, -0.2) is 15.0 Å². The molecule has 2 aromatic heterocycles. The highest BCUT2D eigenvalue weighted by Gasteiger charge is 2.10. The van der Waals surface area contributed by atoms with Crippen LogP contribution >= 0.6 is 0 Å². The highest BCUT2D eigenvalue weighted by Crippen LogP contribution is 2.30. The quantitative estimate of drug-likeness (QED) is 0.523. The number of rotatable bonds is 4. The van der Waals surface area contributed by atoms with Gasteiger partial charge in [0.1, 0.15) is 12.0 Å². The molecule has 0 amide bonds. The van der Waals surface area contributed by atoms with Gasteiger partial charge in [-0.3, -0.25) is 4.98 Å². The third kappa shape index (κ3) is 3.05. The van der Waals surface area contributed by atoms with Crippen molar-refractivity contribution in [2.24, 2.45) is 0 Å². The van der Waals surface area contributed by atoms with E-state index in [1.54, 1.807) is 6.20 Å². The number of nitrogens with two attached hydrogens (primary N) is 1. The Morgan fingerprint density at radius 3 is 2.32 bits per heavy atom. The van der Waals surface area contributed by atoms with Crippen molar-refractivity contribution in [1.29, 1.82) is 0 Å². The Labute approximate surface area is 144 Å². The molecule has 2 heterocycles. The van der Waals surface area contributed by atoms with Crippen molar-refractivity contribution in [3.8, 4) is 0 Å². The minimum absolute atomic E-state index is 0.444. The van der Waals surface area contributed by atoms with Crippen LogP contribution in [0.15, 0.2) is 73.2 Å². The van der Waals surface area contributed by atoms with Gasteiger partial charge < -0.3 is 16.4 Å². The number of hydrogen-bond acceptors (Lipinski definition) is 6. The second-order valence-electron chi connectivity index (χ2n) is 5.48. The van der Waals surface area contributed by atoms with Gasteiger partial charge in [-0.15, -0.1) is 0 Å². The summed E-state index contributed by atoms with van der Waals surface area (Å²) in [5.74, 6) is 1.09. The molecule has 0 fully saturated rings. The molecule has 0 aliphatic heterocycles. The molecular weight excluding hydrogens is 312 g/mol. The number of nitrogens with zero attached hydrogens (tertiary/aromatic N) is 3. The number of para-hydroxylation sites is 2. The fourth-order valence-electron chi connectivity index (χ4n) is 2.59. The zero-order valence-corrected chi connectivity index (χ0v) is 13.3. The summed E-state index contributed by atoms with van der Waals surface area (Å²) in [6, 6.07) is 19.6. The Balaban J connectivity index is 1.68.